The first-order valence-corrected chi connectivity index (χ1v) is 12.4. The Morgan fingerprint density at radius 2 is 1.86 bits per heavy atom. The summed E-state index contributed by atoms with van der Waals surface area (Å²) in [7, 11) is 0. The molecule has 0 N–H and O–H groups in total. The second kappa shape index (κ2) is 12.3. The van der Waals surface area contributed by atoms with Gasteiger partial charge >= 0.3 is 0 Å². The van der Waals surface area contributed by atoms with E-state index in [1.165, 1.54) is 0 Å². The van der Waals surface area contributed by atoms with Crippen molar-refractivity contribution in [3.63, 3.8) is 0 Å². The summed E-state index contributed by atoms with van der Waals surface area (Å²) in [6, 6.07) is 9.34. The fraction of sp³-hybridized carbons (Fsp3) is 0.538. The highest BCUT2D eigenvalue weighted by atomic mass is 35.5. The van der Waals surface area contributed by atoms with Gasteiger partial charge in [0, 0.05) is 32.2 Å². The van der Waals surface area contributed by atoms with Crippen LogP contribution in [0.3, 0.4) is 0 Å². The van der Waals surface area contributed by atoms with Crippen molar-refractivity contribution in [1.29, 1.82) is 0 Å². The fourth-order valence-electron chi connectivity index (χ4n) is 3.75. The summed E-state index contributed by atoms with van der Waals surface area (Å²) in [5.41, 5.74) is 0.106. The number of carbonyl (C=O) groups excluding carboxylic acids is 2. The van der Waals surface area contributed by atoms with Gasteiger partial charge in [0.05, 0.1) is 18.5 Å². The Morgan fingerprint density at radius 1 is 1.09 bits per heavy atom. The number of rotatable bonds is 13. The Kier molecular flexibility index (Phi) is 9.46. The van der Waals surface area contributed by atoms with E-state index in [1.54, 1.807) is 23.6 Å². The number of aryl methyl sites for hydroxylation is 1. The lowest BCUT2D eigenvalue weighted by Crippen LogP contribution is -2.48. The van der Waals surface area contributed by atoms with Crippen molar-refractivity contribution in [2.24, 2.45) is 5.41 Å². The molecule has 1 aliphatic rings. The third-order valence-electron chi connectivity index (χ3n) is 5.75. The molecule has 3 rings (SSSR count). The van der Waals surface area contributed by atoms with Crippen LogP contribution in [0.4, 0.5) is 0 Å². The molecule has 0 spiro atoms. The number of halogens is 1. The maximum Gasteiger partial charge on any atom is 0.242 e. The van der Waals surface area contributed by atoms with Crippen LogP contribution in [-0.4, -0.2) is 60.6 Å². The van der Waals surface area contributed by atoms with Gasteiger partial charge in [-0.15, -0.1) is 11.6 Å². The summed E-state index contributed by atoms with van der Waals surface area (Å²) in [5, 5.41) is 0. The van der Waals surface area contributed by atoms with Crippen molar-refractivity contribution >= 4 is 23.4 Å². The topological polar surface area (TPSA) is 81.5 Å². The monoisotopic (exact) mass is 506 g/mol. The van der Waals surface area contributed by atoms with E-state index in [-0.39, 0.29) is 37.6 Å². The van der Waals surface area contributed by atoms with Gasteiger partial charge in [-0.3, -0.25) is 9.59 Å². The number of hydrogen-bond acceptors (Lipinski definition) is 6. The first-order valence-electron chi connectivity index (χ1n) is 11.9. The standard InChI is InChI=1S/C26H35ClN2O6/c1-5-32-12-6-11-28(25(31)26(3,4)17-27)16-24(30)29(15-21-9-7-19(2)35-21)14-20-8-10-22-23(13-20)34-18-33-22/h7-10,13H,5-6,11-12,14-18H2,1-4H3. The zero-order valence-corrected chi connectivity index (χ0v) is 21.7. The van der Waals surface area contributed by atoms with Crippen LogP contribution in [0.1, 0.15) is 44.3 Å². The molecule has 0 fully saturated rings. The summed E-state index contributed by atoms with van der Waals surface area (Å²) in [5.74, 6) is 2.59. The minimum Gasteiger partial charge on any atom is -0.464 e. The Labute approximate surface area is 212 Å². The molecule has 0 saturated carbocycles. The minimum absolute atomic E-state index is 0.0600. The van der Waals surface area contributed by atoms with Gasteiger partial charge in [0.15, 0.2) is 11.5 Å². The molecule has 2 amide bonds. The van der Waals surface area contributed by atoms with Crippen LogP contribution in [0.5, 0.6) is 11.5 Å². The van der Waals surface area contributed by atoms with Gasteiger partial charge in [0.2, 0.25) is 18.6 Å². The first kappa shape index (κ1) is 26.9. The molecule has 0 bridgehead atoms. The largest absolute Gasteiger partial charge is 0.464 e. The zero-order valence-electron chi connectivity index (χ0n) is 21.0. The Hall–Kier alpha value is -2.71. The molecular weight excluding hydrogens is 472 g/mol. The molecule has 0 radical (unpaired) electrons. The lowest BCUT2D eigenvalue weighted by molar-refractivity contribution is -0.146. The highest BCUT2D eigenvalue weighted by Gasteiger charge is 2.33. The third kappa shape index (κ3) is 7.39. The average Bonchev–Trinajstić information content (AvgIpc) is 3.48. The van der Waals surface area contributed by atoms with E-state index in [1.807, 2.05) is 44.2 Å². The molecule has 35 heavy (non-hydrogen) atoms. The Morgan fingerprint density at radius 3 is 2.54 bits per heavy atom. The molecule has 2 heterocycles. The molecule has 0 aliphatic carbocycles. The molecule has 0 unspecified atom stereocenters. The second-order valence-electron chi connectivity index (χ2n) is 9.24. The van der Waals surface area contributed by atoms with Crippen molar-refractivity contribution in [3.8, 4) is 11.5 Å². The zero-order chi connectivity index (χ0) is 25.4. The van der Waals surface area contributed by atoms with E-state index in [9.17, 15) is 9.59 Å². The van der Waals surface area contributed by atoms with Gasteiger partial charge < -0.3 is 28.4 Å². The minimum atomic E-state index is -0.784. The molecule has 192 valence electrons. The first-order chi connectivity index (χ1) is 16.7. The van der Waals surface area contributed by atoms with Crippen LogP contribution in [-0.2, 0) is 27.4 Å². The number of furan rings is 1. The molecule has 0 atom stereocenters. The quantitative estimate of drug-likeness (QED) is 0.296. The number of carbonyl (C=O) groups is 2. The van der Waals surface area contributed by atoms with Crippen LogP contribution in [0.2, 0.25) is 0 Å². The van der Waals surface area contributed by atoms with Gasteiger partial charge in [-0.25, -0.2) is 0 Å². The van der Waals surface area contributed by atoms with E-state index in [0.29, 0.717) is 50.0 Å². The van der Waals surface area contributed by atoms with Crippen LogP contribution >= 0.6 is 11.6 Å². The normalized spacial score (nSPS) is 12.6. The third-order valence-corrected chi connectivity index (χ3v) is 6.42. The Balaban J connectivity index is 1.79. The summed E-state index contributed by atoms with van der Waals surface area (Å²) >= 11 is 6.08. The molecule has 8 nitrogen and oxygen atoms in total. The van der Waals surface area contributed by atoms with E-state index in [0.717, 1.165) is 11.3 Å². The lowest BCUT2D eigenvalue weighted by Gasteiger charge is -2.32. The molecule has 1 aromatic heterocycles. The van der Waals surface area contributed by atoms with E-state index >= 15 is 0 Å². The summed E-state index contributed by atoms with van der Waals surface area (Å²) < 4.78 is 22.1. The lowest BCUT2D eigenvalue weighted by atomic mass is 9.94. The van der Waals surface area contributed by atoms with Crippen molar-refractivity contribution < 1.29 is 28.2 Å². The van der Waals surface area contributed by atoms with E-state index in [4.69, 9.17) is 30.2 Å². The molecule has 2 aromatic rings. The smallest absolute Gasteiger partial charge is 0.242 e. The number of alkyl halides is 1. The maximum atomic E-state index is 13.6. The summed E-state index contributed by atoms with van der Waals surface area (Å²) in [4.78, 5) is 30.1. The van der Waals surface area contributed by atoms with Crippen LogP contribution in [0.25, 0.3) is 0 Å². The van der Waals surface area contributed by atoms with Crippen LogP contribution < -0.4 is 9.47 Å². The van der Waals surface area contributed by atoms with E-state index in [2.05, 4.69) is 0 Å². The van der Waals surface area contributed by atoms with Gasteiger partial charge in [-0.1, -0.05) is 6.07 Å². The molecule has 1 aliphatic heterocycles. The fourth-order valence-corrected chi connectivity index (χ4v) is 3.87. The highest BCUT2D eigenvalue weighted by molar-refractivity contribution is 6.19. The van der Waals surface area contributed by atoms with Crippen molar-refractivity contribution in [2.75, 3.05) is 39.0 Å². The molecule has 0 saturated heterocycles. The van der Waals surface area contributed by atoms with Crippen LogP contribution in [0, 0.1) is 12.3 Å². The summed E-state index contributed by atoms with van der Waals surface area (Å²) in [6.45, 7) is 9.62. The van der Waals surface area contributed by atoms with Crippen molar-refractivity contribution in [1.82, 2.24) is 9.80 Å². The van der Waals surface area contributed by atoms with E-state index < -0.39 is 5.41 Å². The average molecular weight is 507 g/mol. The molecule has 9 heteroatoms. The second-order valence-corrected chi connectivity index (χ2v) is 9.51. The molecular formula is C26H35ClN2O6. The number of ether oxygens (including phenoxy) is 3. The van der Waals surface area contributed by atoms with Gasteiger partial charge in [0.25, 0.3) is 0 Å². The number of hydrogen-bond donors (Lipinski definition) is 0. The molecule has 1 aromatic carbocycles. The van der Waals surface area contributed by atoms with Gasteiger partial charge in [0.1, 0.15) is 11.5 Å². The number of amides is 2. The maximum absolute atomic E-state index is 13.6. The van der Waals surface area contributed by atoms with Crippen LogP contribution in [0.15, 0.2) is 34.7 Å². The number of fused-ring (bicyclic) bond motifs is 1. The highest BCUT2D eigenvalue weighted by Crippen LogP contribution is 2.33. The van der Waals surface area contributed by atoms with Crippen molar-refractivity contribution in [3.05, 3.63) is 47.4 Å². The van der Waals surface area contributed by atoms with Gasteiger partial charge in [-0.05, 0) is 63.9 Å². The number of nitrogens with zero attached hydrogens (tertiary/aromatic N) is 2. The van der Waals surface area contributed by atoms with Gasteiger partial charge in [-0.2, -0.15) is 0 Å². The summed E-state index contributed by atoms with van der Waals surface area (Å²) in [6.07, 6.45) is 0.630. The predicted octanol–water partition coefficient (Wildman–Crippen LogP) is 4.37. The SMILES string of the molecule is CCOCCCN(CC(=O)N(Cc1ccc2c(c1)OCO2)Cc1ccc(C)o1)C(=O)C(C)(C)CCl. The number of benzene rings is 1. The Bertz CT molecular complexity index is 1010. The van der Waals surface area contributed by atoms with Crippen molar-refractivity contribution in [2.45, 2.75) is 47.2 Å². The predicted molar refractivity (Wildman–Crippen MR) is 132 cm³/mol.